The lowest BCUT2D eigenvalue weighted by atomic mass is 9.92. The molecule has 0 fully saturated rings. The number of aromatic nitrogens is 3. The van der Waals surface area contributed by atoms with E-state index in [-0.39, 0.29) is 12.1 Å². The molecule has 0 radical (unpaired) electrons. The molecule has 1 N–H and O–H groups in total. The molecule has 0 bridgehead atoms. The van der Waals surface area contributed by atoms with E-state index in [4.69, 9.17) is 21.1 Å². The molecule has 2 aromatic heterocycles. The third kappa shape index (κ3) is 5.36. The number of rotatable bonds is 7. The lowest BCUT2D eigenvalue weighted by Gasteiger charge is -2.35. The second-order valence-corrected chi connectivity index (χ2v) is 10.2. The first kappa shape index (κ1) is 25.1. The number of benzene rings is 3. The summed E-state index contributed by atoms with van der Waals surface area (Å²) in [5, 5.41) is 1.78. The van der Waals surface area contributed by atoms with Gasteiger partial charge in [-0.05, 0) is 73.4 Å². The molecule has 3 heterocycles. The van der Waals surface area contributed by atoms with Crippen LogP contribution in [0.4, 0.5) is 4.79 Å². The van der Waals surface area contributed by atoms with Gasteiger partial charge < -0.3 is 19.0 Å². The predicted octanol–water partition coefficient (Wildman–Crippen LogP) is 6.94. The molecule has 8 heteroatoms. The number of ether oxygens (including phenoxy) is 2. The molecule has 7 nitrogen and oxygen atoms in total. The van der Waals surface area contributed by atoms with Crippen LogP contribution in [0.2, 0.25) is 5.02 Å². The molecular formula is C31H29ClN4O3. The van der Waals surface area contributed by atoms with Gasteiger partial charge in [0, 0.05) is 47.1 Å². The Balaban J connectivity index is 1.26. The number of hydrogen-bond donors (Lipinski definition) is 1. The predicted molar refractivity (Wildman–Crippen MR) is 152 cm³/mol. The first-order valence-corrected chi connectivity index (χ1v) is 13.5. The zero-order chi connectivity index (χ0) is 26.8. The highest BCUT2D eigenvalue weighted by Gasteiger charge is 2.35. The van der Waals surface area contributed by atoms with Gasteiger partial charge in [0.25, 0.3) is 0 Å². The van der Waals surface area contributed by atoms with Crippen molar-refractivity contribution in [3.8, 4) is 11.5 Å². The number of hydrogen-bond acceptors (Lipinski definition) is 4. The summed E-state index contributed by atoms with van der Waals surface area (Å²) < 4.78 is 13.8. The molecule has 5 aromatic rings. The van der Waals surface area contributed by atoms with Gasteiger partial charge in [0.15, 0.2) is 0 Å². The maximum Gasteiger partial charge on any atom is 0.416 e. The van der Waals surface area contributed by atoms with Gasteiger partial charge in [-0.1, -0.05) is 41.4 Å². The second-order valence-electron chi connectivity index (χ2n) is 9.81. The van der Waals surface area contributed by atoms with Gasteiger partial charge in [0.1, 0.15) is 17.5 Å². The maximum atomic E-state index is 13.5. The molecule has 3 aromatic carbocycles. The lowest BCUT2D eigenvalue weighted by molar-refractivity contribution is 0.135. The highest BCUT2D eigenvalue weighted by Crippen LogP contribution is 2.40. The standard InChI is InChI=1S/C31H29ClN4O3/c1-21-3-8-25(9-4-21)39-31(37)36-16-13-26-27-19-23(32)7-12-28(27)34-29(26)30(36)22-5-10-24(11-6-22)38-18-2-15-35-17-14-33-20-35/h3-12,14,17,19-20,30,34H,2,13,15-16,18H2,1H3. The quantitative estimate of drug-likeness (QED) is 0.227. The van der Waals surface area contributed by atoms with Gasteiger partial charge in [0.2, 0.25) is 0 Å². The Hall–Kier alpha value is -4.23. The number of H-pyrrole nitrogens is 1. The lowest BCUT2D eigenvalue weighted by Crippen LogP contribution is -2.42. The molecule has 0 spiro atoms. The molecule has 1 atom stereocenters. The molecule has 1 aliphatic heterocycles. The summed E-state index contributed by atoms with van der Waals surface area (Å²) in [6.45, 7) is 3.98. The smallest absolute Gasteiger partial charge is 0.416 e. The Labute approximate surface area is 231 Å². The minimum Gasteiger partial charge on any atom is -0.494 e. The van der Waals surface area contributed by atoms with Crippen molar-refractivity contribution in [3.05, 3.63) is 113 Å². The summed E-state index contributed by atoms with van der Waals surface area (Å²) >= 11 is 6.33. The zero-order valence-electron chi connectivity index (χ0n) is 21.6. The number of carbonyl (C=O) groups is 1. The topological polar surface area (TPSA) is 72.4 Å². The fourth-order valence-corrected chi connectivity index (χ4v) is 5.34. The van der Waals surface area contributed by atoms with E-state index in [9.17, 15) is 4.79 Å². The minimum absolute atomic E-state index is 0.340. The van der Waals surface area contributed by atoms with Crippen LogP contribution < -0.4 is 9.47 Å². The van der Waals surface area contributed by atoms with E-state index >= 15 is 0 Å². The van der Waals surface area contributed by atoms with Crippen molar-refractivity contribution in [2.75, 3.05) is 13.2 Å². The fourth-order valence-electron chi connectivity index (χ4n) is 5.17. The average Bonchev–Trinajstić information content (AvgIpc) is 3.60. The number of fused-ring (bicyclic) bond motifs is 3. The van der Waals surface area contributed by atoms with Crippen molar-refractivity contribution in [1.29, 1.82) is 0 Å². The Morgan fingerprint density at radius 1 is 1.08 bits per heavy atom. The van der Waals surface area contributed by atoms with Crippen LogP contribution in [0, 0.1) is 6.92 Å². The molecule has 0 saturated heterocycles. The third-order valence-electron chi connectivity index (χ3n) is 7.13. The molecule has 6 rings (SSSR count). The van der Waals surface area contributed by atoms with Gasteiger partial charge in [-0.25, -0.2) is 9.78 Å². The largest absolute Gasteiger partial charge is 0.494 e. The molecule has 1 amide bonds. The van der Waals surface area contributed by atoms with Crippen LogP contribution in [0.15, 0.2) is 85.5 Å². The Bertz CT molecular complexity index is 1580. The summed E-state index contributed by atoms with van der Waals surface area (Å²) in [6, 6.07) is 21.0. The molecule has 0 aliphatic carbocycles. The van der Waals surface area contributed by atoms with Crippen molar-refractivity contribution in [2.24, 2.45) is 0 Å². The van der Waals surface area contributed by atoms with Crippen LogP contribution in [0.5, 0.6) is 11.5 Å². The van der Waals surface area contributed by atoms with Gasteiger partial charge in [-0.15, -0.1) is 0 Å². The normalized spacial score (nSPS) is 14.8. The van der Waals surface area contributed by atoms with Crippen LogP contribution in [-0.4, -0.2) is 38.7 Å². The number of nitrogens with zero attached hydrogens (tertiary/aromatic N) is 3. The molecule has 198 valence electrons. The van der Waals surface area contributed by atoms with Crippen molar-refractivity contribution in [3.63, 3.8) is 0 Å². The van der Waals surface area contributed by atoms with E-state index in [1.54, 1.807) is 17.4 Å². The van der Waals surface area contributed by atoms with E-state index in [2.05, 4.69) is 9.97 Å². The van der Waals surface area contributed by atoms with Gasteiger partial charge in [-0.3, -0.25) is 4.90 Å². The van der Waals surface area contributed by atoms with Crippen LogP contribution in [0.1, 0.15) is 34.8 Å². The number of amides is 1. The number of halogens is 1. The van der Waals surface area contributed by atoms with Crippen LogP contribution in [0.25, 0.3) is 10.9 Å². The highest BCUT2D eigenvalue weighted by atomic mass is 35.5. The van der Waals surface area contributed by atoms with E-state index in [0.717, 1.165) is 46.4 Å². The van der Waals surface area contributed by atoms with Crippen molar-refractivity contribution >= 4 is 28.6 Å². The van der Waals surface area contributed by atoms with Crippen LogP contribution in [-0.2, 0) is 13.0 Å². The number of aromatic amines is 1. The Morgan fingerprint density at radius 3 is 2.64 bits per heavy atom. The van der Waals surface area contributed by atoms with Crippen molar-refractivity contribution in [1.82, 2.24) is 19.4 Å². The van der Waals surface area contributed by atoms with Gasteiger partial charge >= 0.3 is 6.09 Å². The minimum atomic E-state index is -0.383. The highest BCUT2D eigenvalue weighted by molar-refractivity contribution is 6.31. The van der Waals surface area contributed by atoms with E-state index in [1.165, 1.54) is 5.56 Å². The van der Waals surface area contributed by atoms with Crippen molar-refractivity contribution < 1.29 is 14.3 Å². The van der Waals surface area contributed by atoms with E-state index in [0.29, 0.717) is 30.3 Å². The molecule has 39 heavy (non-hydrogen) atoms. The Kier molecular flexibility index (Phi) is 6.99. The number of aryl methyl sites for hydroxylation is 2. The molecular weight excluding hydrogens is 512 g/mol. The summed E-state index contributed by atoms with van der Waals surface area (Å²) in [5.74, 6) is 1.32. The number of nitrogens with one attached hydrogen (secondary N) is 1. The molecule has 1 unspecified atom stereocenters. The maximum absolute atomic E-state index is 13.5. The fraction of sp³-hybridized carbons (Fsp3) is 0.226. The Morgan fingerprint density at radius 2 is 1.87 bits per heavy atom. The summed E-state index contributed by atoms with van der Waals surface area (Å²) in [5.41, 5.74) is 5.24. The third-order valence-corrected chi connectivity index (χ3v) is 7.37. The van der Waals surface area contributed by atoms with Crippen LogP contribution >= 0.6 is 11.6 Å². The van der Waals surface area contributed by atoms with Gasteiger partial charge in [-0.2, -0.15) is 0 Å². The zero-order valence-corrected chi connectivity index (χ0v) is 22.4. The number of carbonyl (C=O) groups excluding carboxylic acids is 1. The molecule has 1 aliphatic rings. The SMILES string of the molecule is Cc1ccc(OC(=O)N2CCc3c([nH]c4ccc(Cl)cc34)C2c2ccc(OCCCn3ccnc3)cc2)cc1. The number of imidazole rings is 1. The summed E-state index contributed by atoms with van der Waals surface area (Å²) in [7, 11) is 0. The average molecular weight is 541 g/mol. The van der Waals surface area contributed by atoms with Gasteiger partial charge in [0.05, 0.1) is 12.9 Å². The monoisotopic (exact) mass is 540 g/mol. The van der Waals surface area contributed by atoms with E-state index < -0.39 is 0 Å². The molecule has 0 saturated carbocycles. The van der Waals surface area contributed by atoms with Crippen molar-refractivity contribution in [2.45, 2.75) is 32.4 Å². The first-order valence-electron chi connectivity index (χ1n) is 13.1. The summed E-state index contributed by atoms with van der Waals surface area (Å²) in [4.78, 5) is 22.9. The van der Waals surface area contributed by atoms with Crippen LogP contribution in [0.3, 0.4) is 0 Å². The first-order chi connectivity index (χ1) is 19.0. The second kappa shape index (κ2) is 10.9. The van der Waals surface area contributed by atoms with E-state index in [1.807, 2.05) is 84.4 Å². The summed E-state index contributed by atoms with van der Waals surface area (Å²) in [6.07, 6.45) is 6.72.